The molecule has 1 fully saturated rings. The molecule has 2 aromatic rings. The van der Waals surface area contributed by atoms with Crippen molar-refractivity contribution in [3.05, 3.63) is 80.8 Å². The number of aliphatic imine (C=N–C) groups is 1. The monoisotopic (exact) mass is 591 g/mol. The maximum Gasteiger partial charge on any atom is 0.338 e. The van der Waals surface area contributed by atoms with Gasteiger partial charge in [-0.05, 0) is 44.7 Å². The zero-order valence-electron chi connectivity index (χ0n) is 20.6. The van der Waals surface area contributed by atoms with E-state index >= 15 is 0 Å². The lowest BCUT2D eigenvalue weighted by molar-refractivity contribution is -0.136. The minimum atomic E-state index is -3.58. The molecule has 0 aromatic heterocycles. The Hall–Kier alpha value is -3.03. The van der Waals surface area contributed by atoms with Gasteiger partial charge in [-0.15, -0.1) is 0 Å². The van der Waals surface area contributed by atoms with E-state index in [1.54, 1.807) is 0 Å². The van der Waals surface area contributed by atoms with Crippen LogP contribution in [0.2, 0.25) is 5.02 Å². The van der Waals surface area contributed by atoms with Gasteiger partial charge in [-0.1, -0.05) is 17.7 Å². The number of sulfonamides is 1. The lowest BCUT2D eigenvalue weighted by Crippen LogP contribution is -2.40. The molecule has 1 aliphatic heterocycles. The fourth-order valence-electron chi connectivity index (χ4n) is 4.92. The van der Waals surface area contributed by atoms with Gasteiger partial charge in [-0.3, -0.25) is 4.99 Å². The number of carbonyl (C=O) groups excluding carboxylic acids is 1. The Labute approximate surface area is 226 Å². The summed E-state index contributed by atoms with van der Waals surface area (Å²) < 4.78 is 103. The van der Waals surface area contributed by atoms with Crippen molar-refractivity contribution in [1.82, 2.24) is 10.0 Å². The molecule has 210 valence electrons. The highest BCUT2D eigenvalue weighted by Crippen LogP contribution is 2.42. The standard InChI is InChI=1S/C25H23ClF5N3O4S/c1-32-39(36,37)13-5-3-11(4-6-13)22-19(25(35)38-2)23(14-7-8-15(28)21(31)20(14)26)34-24(33-22)18-16(29)9-12(27)10-17(18)30/h7-11,13,23,32H,3-6H2,1-2H3,(H,33,34). The number of methoxy groups -OCH3 is 1. The number of nitrogens with one attached hydrogen (secondary N) is 2. The first-order valence-electron chi connectivity index (χ1n) is 11.8. The van der Waals surface area contributed by atoms with Crippen molar-refractivity contribution < 1.29 is 39.9 Å². The van der Waals surface area contributed by atoms with E-state index in [9.17, 15) is 35.2 Å². The maximum atomic E-state index is 14.8. The van der Waals surface area contributed by atoms with E-state index in [4.69, 9.17) is 16.3 Å². The summed E-state index contributed by atoms with van der Waals surface area (Å²) in [7, 11) is -1.20. The highest BCUT2D eigenvalue weighted by Gasteiger charge is 2.40. The zero-order chi connectivity index (χ0) is 28.6. The number of rotatable bonds is 6. The molecule has 1 saturated carbocycles. The van der Waals surface area contributed by atoms with E-state index in [0.29, 0.717) is 12.1 Å². The van der Waals surface area contributed by atoms with Gasteiger partial charge in [0.05, 0.1) is 28.5 Å². The van der Waals surface area contributed by atoms with Crippen molar-refractivity contribution >= 4 is 33.4 Å². The highest BCUT2D eigenvalue weighted by atomic mass is 35.5. The molecule has 1 atom stereocenters. The van der Waals surface area contributed by atoms with Gasteiger partial charge in [0, 0.05) is 23.4 Å². The third-order valence-corrected chi connectivity index (χ3v) is 9.19. The SMILES string of the molecule is CNS(=O)(=O)C1CCC(C2=C(C(=O)OC)C(c3ccc(F)c(F)c3Cl)N=C(c3c(F)cc(F)cc3F)N2)CC1. The van der Waals surface area contributed by atoms with Crippen LogP contribution >= 0.6 is 11.6 Å². The maximum absolute atomic E-state index is 14.8. The topological polar surface area (TPSA) is 96.9 Å². The van der Waals surface area contributed by atoms with Crippen LogP contribution in [0.25, 0.3) is 0 Å². The number of allylic oxidation sites excluding steroid dienone is 1. The average molecular weight is 592 g/mol. The Morgan fingerprint density at radius 2 is 1.67 bits per heavy atom. The molecule has 1 unspecified atom stereocenters. The minimum Gasteiger partial charge on any atom is -0.466 e. The average Bonchev–Trinajstić information content (AvgIpc) is 2.90. The molecule has 0 amide bonds. The quantitative estimate of drug-likeness (QED) is 0.289. The number of esters is 1. The summed E-state index contributed by atoms with van der Waals surface area (Å²) in [4.78, 5) is 17.3. The first-order chi connectivity index (χ1) is 18.4. The molecule has 14 heteroatoms. The van der Waals surface area contributed by atoms with E-state index < -0.39 is 78.7 Å². The fraction of sp³-hybridized carbons (Fsp3) is 0.360. The van der Waals surface area contributed by atoms with Gasteiger partial charge < -0.3 is 10.1 Å². The fourth-order valence-corrected chi connectivity index (χ4v) is 6.41. The Morgan fingerprint density at radius 3 is 2.23 bits per heavy atom. The number of hydrogen-bond donors (Lipinski definition) is 2. The van der Waals surface area contributed by atoms with E-state index in [2.05, 4.69) is 15.0 Å². The number of halogens is 6. The van der Waals surface area contributed by atoms with Gasteiger partial charge in [0.25, 0.3) is 0 Å². The van der Waals surface area contributed by atoms with Crippen LogP contribution in [0.15, 0.2) is 40.5 Å². The molecule has 2 aliphatic rings. The van der Waals surface area contributed by atoms with Gasteiger partial charge >= 0.3 is 5.97 Å². The Kier molecular flexibility index (Phi) is 8.33. The Balaban J connectivity index is 1.90. The second-order valence-electron chi connectivity index (χ2n) is 9.06. The molecular weight excluding hydrogens is 569 g/mol. The molecule has 4 rings (SSSR count). The van der Waals surface area contributed by atoms with Crippen molar-refractivity contribution in [2.75, 3.05) is 14.2 Å². The van der Waals surface area contributed by atoms with Crippen LogP contribution in [0.5, 0.6) is 0 Å². The zero-order valence-corrected chi connectivity index (χ0v) is 22.2. The number of hydrogen-bond acceptors (Lipinski definition) is 6. The first-order valence-corrected chi connectivity index (χ1v) is 13.7. The van der Waals surface area contributed by atoms with Gasteiger partial charge in [0.2, 0.25) is 10.0 Å². The van der Waals surface area contributed by atoms with Crippen LogP contribution < -0.4 is 10.0 Å². The van der Waals surface area contributed by atoms with E-state index in [1.165, 1.54) is 7.05 Å². The number of nitrogens with zero attached hydrogens (tertiary/aromatic N) is 1. The molecule has 39 heavy (non-hydrogen) atoms. The van der Waals surface area contributed by atoms with Crippen LogP contribution in [0.4, 0.5) is 22.0 Å². The second kappa shape index (κ2) is 11.2. The third-order valence-electron chi connectivity index (χ3n) is 6.89. The van der Waals surface area contributed by atoms with Crippen LogP contribution in [0.1, 0.15) is 42.9 Å². The largest absolute Gasteiger partial charge is 0.466 e. The minimum absolute atomic E-state index is 0.0982. The summed E-state index contributed by atoms with van der Waals surface area (Å²) in [5, 5.41) is 1.35. The van der Waals surface area contributed by atoms with Gasteiger partial charge in [-0.2, -0.15) is 0 Å². The first kappa shape index (κ1) is 29.0. The smallest absolute Gasteiger partial charge is 0.338 e. The van der Waals surface area contributed by atoms with Gasteiger partial charge in [-0.25, -0.2) is 39.9 Å². The lowest BCUT2D eigenvalue weighted by atomic mass is 9.81. The van der Waals surface area contributed by atoms with E-state index in [-0.39, 0.29) is 42.5 Å². The molecule has 2 N–H and O–H groups in total. The van der Waals surface area contributed by atoms with Crippen LogP contribution in [0, 0.1) is 35.0 Å². The Bertz CT molecular complexity index is 1470. The van der Waals surface area contributed by atoms with Crippen LogP contribution in [0.3, 0.4) is 0 Å². The van der Waals surface area contributed by atoms with Crippen molar-refractivity contribution in [3.63, 3.8) is 0 Å². The number of ether oxygens (including phenoxy) is 1. The van der Waals surface area contributed by atoms with Crippen LogP contribution in [-0.4, -0.2) is 39.6 Å². The summed E-state index contributed by atoms with van der Waals surface area (Å²) in [6.45, 7) is 0. The van der Waals surface area contributed by atoms with E-state index in [1.807, 2.05) is 0 Å². The summed E-state index contributed by atoms with van der Waals surface area (Å²) in [5.41, 5.74) is -1.03. The van der Waals surface area contributed by atoms with Crippen molar-refractivity contribution in [3.8, 4) is 0 Å². The molecular formula is C25H23ClF5N3O4S. The summed E-state index contributed by atoms with van der Waals surface area (Å²) in [6, 6.07) is 1.21. The number of amidine groups is 1. The predicted octanol–water partition coefficient (Wildman–Crippen LogP) is 4.66. The number of benzene rings is 2. The highest BCUT2D eigenvalue weighted by molar-refractivity contribution is 7.90. The second-order valence-corrected chi connectivity index (χ2v) is 11.6. The van der Waals surface area contributed by atoms with Crippen LogP contribution in [-0.2, 0) is 19.6 Å². The van der Waals surface area contributed by atoms with Crippen molar-refractivity contribution in [2.24, 2.45) is 10.9 Å². The molecule has 7 nitrogen and oxygen atoms in total. The molecule has 0 saturated heterocycles. The Morgan fingerprint density at radius 1 is 1.05 bits per heavy atom. The van der Waals surface area contributed by atoms with E-state index in [0.717, 1.165) is 19.2 Å². The third kappa shape index (κ3) is 5.52. The number of carbonyl (C=O) groups is 1. The summed E-state index contributed by atoms with van der Waals surface area (Å²) >= 11 is 6.09. The molecule has 0 bridgehead atoms. The van der Waals surface area contributed by atoms with Gasteiger partial charge in [0.15, 0.2) is 11.6 Å². The van der Waals surface area contributed by atoms with Crippen molar-refractivity contribution in [2.45, 2.75) is 37.0 Å². The molecule has 2 aromatic carbocycles. The molecule has 1 heterocycles. The molecule has 1 aliphatic carbocycles. The normalized spacial score (nSPS) is 21.8. The predicted molar refractivity (Wildman–Crippen MR) is 133 cm³/mol. The summed E-state index contributed by atoms with van der Waals surface area (Å²) in [6.07, 6.45) is 0.841. The molecule has 0 spiro atoms. The summed E-state index contributed by atoms with van der Waals surface area (Å²) in [5.74, 6) is -8.43. The van der Waals surface area contributed by atoms with Crippen molar-refractivity contribution in [1.29, 1.82) is 0 Å². The van der Waals surface area contributed by atoms with Gasteiger partial charge in [0.1, 0.15) is 29.3 Å². The molecule has 0 radical (unpaired) electrons. The lowest BCUT2D eigenvalue weighted by Gasteiger charge is -2.35.